The lowest BCUT2D eigenvalue weighted by Gasteiger charge is -2.28. The summed E-state index contributed by atoms with van der Waals surface area (Å²) in [6.45, 7) is 4.26. The van der Waals surface area contributed by atoms with Crippen LogP contribution in [0.4, 0.5) is 0 Å². The Morgan fingerprint density at radius 1 is 1.69 bits per heavy atom. The minimum Gasteiger partial charge on any atom is -0.384 e. The summed E-state index contributed by atoms with van der Waals surface area (Å²) in [6.07, 6.45) is 3.69. The molecule has 3 unspecified atom stereocenters. The van der Waals surface area contributed by atoms with Gasteiger partial charge in [-0.05, 0) is 25.7 Å². The van der Waals surface area contributed by atoms with Crippen molar-refractivity contribution in [3.8, 4) is 0 Å². The van der Waals surface area contributed by atoms with E-state index in [9.17, 15) is 4.79 Å². The Morgan fingerprint density at radius 2 is 2.44 bits per heavy atom. The molecule has 1 aliphatic heterocycles. The zero-order chi connectivity index (χ0) is 11.8. The van der Waals surface area contributed by atoms with Crippen LogP contribution >= 0.6 is 0 Å². The highest BCUT2D eigenvalue weighted by atomic mass is 16.5. The number of methoxy groups -OCH3 is 1. The van der Waals surface area contributed by atoms with Crippen molar-refractivity contribution in [2.45, 2.75) is 32.2 Å². The number of nitrogens with two attached hydrogens (primary N) is 1. The Morgan fingerprint density at radius 3 is 3.06 bits per heavy atom. The van der Waals surface area contributed by atoms with E-state index < -0.39 is 0 Å². The number of likely N-dealkylation sites (tertiary alicyclic amines) is 1. The summed E-state index contributed by atoms with van der Waals surface area (Å²) in [5.41, 5.74) is 5.88. The van der Waals surface area contributed by atoms with Gasteiger partial charge in [-0.2, -0.15) is 0 Å². The van der Waals surface area contributed by atoms with Crippen molar-refractivity contribution in [1.29, 1.82) is 0 Å². The van der Waals surface area contributed by atoms with Crippen molar-refractivity contribution in [3.63, 3.8) is 0 Å². The van der Waals surface area contributed by atoms with Crippen LogP contribution in [0, 0.1) is 11.3 Å². The molecule has 0 spiro atoms. The van der Waals surface area contributed by atoms with Crippen LogP contribution in [0.25, 0.3) is 0 Å². The Bertz CT molecular complexity index is 280. The maximum absolute atomic E-state index is 11.9. The van der Waals surface area contributed by atoms with Crippen molar-refractivity contribution >= 4 is 5.91 Å². The van der Waals surface area contributed by atoms with Crippen molar-refractivity contribution in [3.05, 3.63) is 0 Å². The second-order valence-corrected chi connectivity index (χ2v) is 5.39. The Kier molecular flexibility index (Phi) is 3.22. The highest BCUT2D eigenvalue weighted by Crippen LogP contribution is 2.48. The van der Waals surface area contributed by atoms with Gasteiger partial charge in [-0.1, -0.05) is 6.42 Å². The van der Waals surface area contributed by atoms with Gasteiger partial charge in [0.2, 0.25) is 5.91 Å². The fraction of sp³-hybridized carbons (Fsp3) is 0.917. The van der Waals surface area contributed by atoms with Crippen molar-refractivity contribution < 1.29 is 9.53 Å². The molecular weight excluding hydrogens is 204 g/mol. The summed E-state index contributed by atoms with van der Waals surface area (Å²) in [5.74, 6) is 0.708. The van der Waals surface area contributed by atoms with Crippen molar-refractivity contribution in [2.24, 2.45) is 17.1 Å². The van der Waals surface area contributed by atoms with Gasteiger partial charge in [0.25, 0.3) is 0 Å². The first-order chi connectivity index (χ1) is 7.59. The molecule has 1 amide bonds. The largest absolute Gasteiger partial charge is 0.384 e. The van der Waals surface area contributed by atoms with E-state index >= 15 is 0 Å². The number of ether oxygens (including phenoxy) is 1. The van der Waals surface area contributed by atoms with Crippen LogP contribution in [0.2, 0.25) is 0 Å². The third-order valence-corrected chi connectivity index (χ3v) is 4.17. The lowest BCUT2D eigenvalue weighted by atomic mass is 9.82. The average molecular weight is 226 g/mol. The summed E-state index contributed by atoms with van der Waals surface area (Å²) < 4.78 is 5.35. The first-order valence-electron chi connectivity index (χ1n) is 6.12. The number of amides is 1. The number of rotatable bonds is 3. The number of carbonyl (C=O) groups is 1. The molecule has 0 aromatic carbocycles. The summed E-state index contributed by atoms with van der Waals surface area (Å²) in [4.78, 5) is 13.8. The van der Waals surface area contributed by atoms with Gasteiger partial charge in [-0.25, -0.2) is 0 Å². The minimum absolute atomic E-state index is 0.0879. The van der Waals surface area contributed by atoms with Gasteiger partial charge < -0.3 is 15.4 Å². The fourth-order valence-corrected chi connectivity index (χ4v) is 3.39. The molecule has 1 saturated carbocycles. The van der Waals surface area contributed by atoms with Gasteiger partial charge in [0.15, 0.2) is 0 Å². The Balaban J connectivity index is 2.07. The van der Waals surface area contributed by atoms with E-state index in [4.69, 9.17) is 10.5 Å². The molecule has 1 aliphatic carbocycles. The lowest BCUT2D eigenvalue weighted by molar-refractivity contribution is -0.131. The molecule has 0 bridgehead atoms. The van der Waals surface area contributed by atoms with Crippen molar-refractivity contribution in [1.82, 2.24) is 4.90 Å². The maximum atomic E-state index is 11.9. The van der Waals surface area contributed by atoms with E-state index in [1.54, 1.807) is 14.0 Å². The number of nitrogens with zero attached hydrogens (tertiary/aromatic N) is 1. The minimum atomic E-state index is -0.376. The molecule has 0 aromatic rings. The topological polar surface area (TPSA) is 55.6 Å². The predicted molar refractivity (Wildman–Crippen MR) is 61.9 cm³/mol. The molecule has 16 heavy (non-hydrogen) atoms. The van der Waals surface area contributed by atoms with Crippen molar-refractivity contribution in [2.75, 3.05) is 26.8 Å². The molecule has 1 heterocycles. The predicted octanol–water partition coefficient (Wildman–Crippen LogP) is 0.609. The first kappa shape index (κ1) is 11.9. The third-order valence-electron chi connectivity index (χ3n) is 4.17. The van der Waals surface area contributed by atoms with Gasteiger partial charge in [0.05, 0.1) is 12.6 Å². The molecule has 2 N–H and O–H groups in total. The zero-order valence-corrected chi connectivity index (χ0v) is 10.2. The summed E-state index contributed by atoms with van der Waals surface area (Å²) >= 11 is 0. The average Bonchev–Trinajstić information content (AvgIpc) is 2.73. The maximum Gasteiger partial charge on any atom is 0.239 e. The smallest absolute Gasteiger partial charge is 0.239 e. The standard InChI is InChI=1S/C12H22N2O2/c1-9(13)11(15)14-6-10-4-3-5-12(10,7-14)8-16-2/h9-10H,3-8,13H2,1-2H3. The summed E-state index contributed by atoms with van der Waals surface area (Å²) in [6, 6.07) is -0.376. The van der Waals surface area contributed by atoms with E-state index in [1.807, 2.05) is 4.90 Å². The molecule has 3 atom stereocenters. The first-order valence-corrected chi connectivity index (χ1v) is 6.12. The Hall–Kier alpha value is -0.610. The molecule has 2 rings (SSSR count). The van der Waals surface area contributed by atoms with E-state index in [-0.39, 0.29) is 17.4 Å². The molecule has 2 fully saturated rings. The molecular formula is C12H22N2O2. The number of carbonyl (C=O) groups excluding carboxylic acids is 1. The van der Waals surface area contributed by atoms with E-state index in [0.29, 0.717) is 5.92 Å². The van der Waals surface area contributed by atoms with Gasteiger partial charge in [0, 0.05) is 25.6 Å². The van der Waals surface area contributed by atoms with Crippen LogP contribution in [-0.2, 0) is 9.53 Å². The van der Waals surface area contributed by atoms with Gasteiger partial charge in [0.1, 0.15) is 0 Å². The summed E-state index contributed by atoms with van der Waals surface area (Å²) in [5, 5.41) is 0. The SMILES string of the molecule is COCC12CCCC1CN(C(=O)C(C)N)C2. The second-order valence-electron chi connectivity index (χ2n) is 5.39. The fourth-order valence-electron chi connectivity index (χ4n) is 3.39. The number of hydrogen-bond donors (Lipinski definition) is 1. The van der Waals surface area contributed by atoms with Crippen LogP contribution in [-0.4, -0.2) is 43.7 Å². The monoisotopic (exact) mass is 226 g/mol. The molecule has 0 aromatic heterocycles. The highest BCUT2D eigenvalue weighted by Gasteiger charge is 2.50. The zero-order valence-electron chi connectivity index (χ0n) is 10.2. The van der Waals surface area contributed by atoms with Crippen LogP contribution in [0.1, 0.15) is 26.2 Å². The quantitative estimate of drug-likeness (QED) is 0.767. The van der Waals surface area contributed by atoms with Crippen LogP contribution < -0.4 is 5.73 Å². The van der Waals surface area contributed by atoms with Gasteiger partial charge in [-0.3, -0.25) is 4.79 Å². The van der Waals surface area contributed by atoms with Crippen LogP contribution in [0.15, 0.2) is 0 Å². The van der Waals surface area contributed by atoms with E-state index in [1.165, 1.54) is 19.3 Å². The normalized spacial score (nSPS) is 35.2. The Labute approximate surface area is 97.1 Å². The molecule has 92 valence electrons. The second kappa shape index (κ2) is 4.34. The van der Waals surface area contributed by atoms with E-state index in [2.05, 4.69) is 0 Å². The number of hydrogen-bond acceptors (Lipinski definition) is 3. The molecule has 4 heteroatoms. The molecule has 2 aliphatic rings. The van der Waals surface area contributed by atoms with Gasteiger partial charge >= 0.3 is 0 Å². The summed E-state index contributed by atoms with van der Waals surface area (Å²) in [7, 11) is 1.75. The van der Waals surface area contributed by atoms with Crippen LogP contribution in [0.5, 0.6) is 0 Å². The highest BCUT2D eigenvalue weighted by molar-refractivity contribution is 5.81. The van der Waals surface area contributed by atoms with Gasteiger partial charge in [-0.15, -0.1) is 0 Å². The molecule has 0 radical (unpaired) electrons. The number of fused-ring (bicyclic) bond motifs is 1. The van der Waals surface area contributed by atoms with Crippen LogP contribution in [0.3, 0.4) is 0 Å². The molecule has 4 nitrogen and oxygen atoms in total. The lowest BCUT2D eigenvalue weighted by Crippen LogP contribution is -2.42. The molecule has 1 saturated heterocycles. The van der Waals surface area contributed by atoms with E-state index in [0.717, 1.165) is 19.7 Å². The third kappa shape index (κ3) is 1.84.